The molecular formula is C7H15NO5S. The Labute approximate surface area is 83.6 Å². The van der Waals surface area contributed by atoms with E-state index in [2.05, 4.69) is 9.50 Å². The number of carbonyl (C=O) groups is 1. The smallest absolute Gasteiger partial charge is 0.356 e. The summed E-state index contributed by atoms with van der Waals surface area (Å²) in [4.78, 5) is 10.9. The van der Waals surface area contributed by atoms with E-state index < -0.39 is 10.4 Å². The lowest BCUT2D eigenvalue weighted by atomic mass is 10.3. The first-order valence-electron chi connectivity index (χ1n) is 4.34. The Morgan fingerprint density at radius 1 is 1.50 bits per heavy atom. The number of hydrogen-bond donors (Lipinski definition) is 2. The van der Waals surface area contributed by atoms with Crippen molar-refractivity contribution >= 4 is 16.3 Å². The second-order valence-electron chi connectivity index (χ2n) is 2.70. The van der Waals surface area contributed by atoms with Gasteiger partial charge in [0.05, 0.1) is 6.61 Å². The van der Waals surface area contributed by atoms with Crippen molar-refractivity contribution in [3.63, 3.8) is 0 Å². The van der Waals surface area contributed by atoms with E-state index in [1.54, 1.807) is 0 Å². The number of hydrogen-bond acceptors (Lipinski definition) is 4. The van der Waals surface area contributed by atoms with Crippen LogP contribution in [-0.4, -0.2) is 32.0 Å². The number of amides is 1. The van der Waals surface area contributed by atoms with E-state index >= 15 is 0 Å². The van der Waals surface area contributed by atoms with Crippen molar-refractivity contribution < 1.29 is 21.9 Å². The van der Waals surface area contributed by atoms with Crippen molar-refractivity contribution in [1.82, 2.24) is 5.32 Å². The highest BCUT2D eigenvalue weighted by Gasteiger charge is 2.03. The molecule has 84 valence electrons. The van der Waals surface area contributed by atoms with Gasteiger partial charge in [0.1, 0.15) is 0 Å². The molecule has 0 radical (unpaired) electrons. The molecule has 0 saturated carbocycles. The monoisotopic (exact) mass is 225 g/mol. The fourth-order valence-corrected chi connectivity index (χ4v) is 1.11. The molecule has 1 amide bonds. The fourth-order valence-electron chi connectivity index (χ4n) is 0.780. The molecule has 6 nitrogen and oxygen atoms in total. The summed E-state index contributed by atoms with van der Waals surface area (Å²) in [6.07, 6.45) is 1.57. The average molecular weight is 225 g/mol. The molecule has 0 aliphatic carbocycles. The van der Waals surface area contributed by atoms with Gasteiger partial charge >= 0.3 is 10.4 Å². The highest BCUT2D eigenvalue weighted by atomic mass is 32.3. The standard InChI is InChI=1S/C7H15NO5S/c1-2-4-7(9)8-5-3-6-13-14(10,11)12/h2-6H2,1H3,(H,8,9)(H,10,11,12). The Bertz CT molecular complexity index is 261. The summed E-state index contributed by atoms with van der Waals surface area (Å²) in [6.45, 7) is 2.10. The Balaban J connectivity index is 3.34. The van der Waals surface area contributed by atoms with Crippen molar-refractivity contribution in [1.29, 1.82) is 0 Å². The van der Waals surface area contributed by atoms with E-state index in [4.69, 9.17) is 4.55 Å². The van der Waals surface area contributed by atoms with Crippen LogP contribution < -0.4 is 5.32 Å². The summed E-state index contributed by atoms with van der Waals surface area (Å²) in [5.41, 5.74) is 0. The van der Waals surface area contributed by atoms with E-state index in [9.17, 15) is 13.2 Å². The van der Waals surface area contributed by atoms with Gasteiger partial charge < -0.3 is 5.32 Å². The minimum Gasteiger partial charge on any atom is -0.356 e. The van der Waals surface area contributed by atoms with Gasteiger partial charge in [-0.05, 0) is 12.8 Å². The molecule has 0 unspecified atom stereocenters. The zero-order valence-electron chi connectivity index (χ0n) is 8.02. The predicted octanol–water partition coefficient (Wildman–Crippen LogP) is 0.112. The predicted molar refractivity (Wildman–Crippen MR) is 50.0 cm³/mol. The first kappa shape index (κ1) is 13.3. The third kappa shape index (κ3) is 9.43. The molecule has 0 rings (SSSR count). The van der Waals surface area contributed by atoms with Gasteiger partial charge in [-0.15, -0.1) is 0 Å². The molecule has 0 atom stereocenters. The topological polar surface area (TPSA) is 92.7 Å². The van der Waals surface area contributed by atoms with Gasteiger partial charge in [0, 0.05) is 13.0 Å². The Morgan fingerprint density at radius 3 is 2.64 bits per heavy atom. The van der Waals surface area contributed by atoms with Crippen molar-refractivity contribution in [2.75, 3.05) is 13.2 Å². The average Bonchev–Trinajstić information content (AvgIpc) is 2.02. The van der Waals surface area contributed by atoms with Crippen molar-refractivity contribution in [3.05, 3.63) is 0 Å². The maximum absolute atomic E-state index is 10.9. The van der Waals surface area contributed by atoms with Crippen LogP contribution in [-0.2, 0) is 19.4 Å². The Hall–Kier alpha value is -0.660. The molecule has 7 heteroatoms. The molecule has 2 N–H and O–H groups in total. The van der Waals surface area contributed by atoms with Gasteiger partial charge in [0.2, 0.25) is 5.91 Å². The third-order valence-corrected chi connectivity index (χ3v) is 1.82. The molecule has 0 aliphatic rings. The van der Waals surface area contributed by atoms with Crippen LogP contribution in [0.5, 0.6) is 0 Å². The first-order chi connectivity index (χ1) is 6.45. The maximum atomic E-state index is 10.9. The molecule has 0 fully saturated rings. The SMILES string of the molecule is CCCC(=O)NCCCOS(=O)(=O)O. The summed E-state index contributed by atoms with van der Waals surface area (Å²) < 4.78 is 32.4. The zero-order valence-corrected chi connectivity index (χ0v) is 8.84. The molecule has 0 aromatic carbocycles. The normalized spacial score (nSPS) is 11.3. The van der Waals surface area contributed by atoms with E-state index in [1.165, 1.54) is 0 Å². The van der Waals surface area contributed by atoms with Gasteiger partial charge in [0.15, 0.2) is 0 Å². The molecule has 0 spiro atoms. The summed E-state index contributed by atoms with van der Waals surface area (Å²) in [5.74, 6) is -0.0700. The van der Waals surface area contributed by atoms with Gasteiger partial charge in [-0.25, -0.2) is 4.18 Å². The second kappa shape index (κ2) is 6.74. The van der Waals surface area contributed by atoms with E-state index in [1.807, 2.05) is 6.92 Å². The maximum Gasteiger partial charge on any atom is 0.397 e. The van der Waals surface area contributed by atoms with Crippen molar-refractivity contribution in [3.8, 4) is 0 Å². The zero-order chi connectivity index (χ0) is 11.0. The van der Waals surface area contributed by atoms with E-state index in [0.29, 0.717) is 19.4 Å². The third-order valence-electron chi connectivity index (χ3n) is 1.35. The molecular weight excluding hydrogens is 210 g/mol. The van der Waals surface area contributed by atoms with Crippen LogP contribution in [0.2, 0.25) is 0 Å². The van der Waals surface area contributed by atoms with Crippen LogP contribution in [0.4, 0.5) is 0 Å². The summed E-state index contributed by atoms with van der Waals surface area (Å²) in [7, 11) is -4.35. The second-order valence-corrected chi connectivity index (χ2v) is 3.79. The lowest BCUT2D eigenvalue weighted by Gasteiger charge is -2.03. The molecule has 14 heavy (non-hydrogen) atoms. The minimum absolute atomic E-state index is 0.0700. The highest BCUT2D eigenvalue weighted by Crippen LogP contribution is 1.89. The number of nitrogens with one attached hydrogen (secondary N) is 1. The molecule has 0 bridgehead atoms. The van der Waals surface area contributed by atoms with Crippen molar-refractivity contribution in [2.24, 2.45) is 0 Å². The molecule has 0 saturated heterocycles. The number of carbonyl (C=O) groups excluding carboxylic acids is 1. The molecule has 0 aromatic heterocycles. The van der Waals surface area contributed by atoms with E-state index in [0.717, 1.165) is 6.42 Å². The quantitative estimate of drug-likeness (QED) is 0.474. The van der Waals surface area contributed by atoms with Gasteiger partial charge in [0.25, 0.3) is 0 Å². The highest BCUT2D eigenvalue weighted by molar-refractivity contribution is 7.80. The Morgan fingerprint density at radius 2 is 2.14 bits per heavy atom. The van der Waals surface area contributed by atoms with Gasteiger partial charge in [-0.2, -0.15) is 8.42 Å². The lowest BCUT2D eigenvalue weighted by molar-refractivity contribution is -0.121. The summed E-state index contributed by atoms with van der Waals surface area (Å²) in [5, 5.41) is 2.57. The van der Waals surface area contributed by atoms with Crippen LogP contribution in [0.15, 0.2) is 0 Å². The first-order valence-corrected chi connectivity index (χ1v) is 5.70. The van der Waals surface area contributed by atoms with Crippen LogP contribution in [0.1, 0.15) is 26.2 Å². The fraction of sp³-hybridized carbons (Fsp3) is 0.857. The molecule has 0 aromatic rings. The van der Waals surface area contributed by atoms with Crippen molar-refractivity contribution in [2.45, 2.75) is 26.2 Å². The summed E-state index contributed by atoms with van der Waals surface area (Å²) >= 11 is 0. The van der Waals surface area contributed by atoms with Crippen LogP contribution >= 0.6 is 0 Å². The number of rotatable bonds is 7. The Kier molecular flexibility index (Phi) is 6.43. The van der Waals surface area contributed by atoms with Gasteiger partial charge in [-0.3, -0.25) is 9.35 Å². The minimum atomic E-state index is -4.35. The van der Waals surface area contributed by atoms with E-state index in [-0.39, 0.29) is 12.5 Å². The largest absolute Gasteiger partial charge is 0.397 e. The van der Waals surface area contributed by atoms with Crippen LogP contribution in [0, 0.1) is 0 Å². The van der Waals surface area contributed by atoms with Crippen LogP contribution in [0.25, 0.3) is 0 Å². The molecule has 0 heterocycles. The summed E-state index contributed by atoms with van der Waals surface area (Å²) in [6, 6.07) is 0. The lowest BCUT2D eigenvalue weighted by Crippen LogP contribution is -2.24. The van der Waals surface area contributed by atoms with Gasteiger partial charge in [-0.1, -0.05) is 6.92 Å². The molecule has 0 aliphatic heterocycles. The van der Waals surface area contributed by atoms with Crippen LogP contribution in [0.3, 0.4) is 0 Å².